The summed E-state index contributed by atoms with van der Waals surface area (Å²) in [5.41, 5.74) is 1.51. The Balaban J connectivity index is 2.26. The van der Waals surface area contributed by atoms with Crippen LogP contribution in [0.4, 0.5) is 17.5 Å². The van der Waals surface area contributed by atoms with Gasteiger partial charge in [-0.05, 0) is 25.1 Å². The van der Waals surface area contributed by atoms with Crippen LogP contribution in [0.3, 0.4) is 0 Å². The second-order valence-corrected chi connectivity index (χ2v) is 4.98. The lowest BCUT2D eigenvalue weighted by atomic mass is 10.3. The molecule has 0 aliphatic heterocycles. The molecule has 2 aromatic rings. The molecule has 20 heavy (non-hydrogen) atoms. The van der Waals surface area contributed by atoms with Gasteiger partial charge in [-0.15, -0.1) is 6.58 Å². The number of aryl methyl sites for hydroxylation is 1. The van der Waals surface area contributed by atoms with Crippen molar-refractivity contribution < 1.29 is 0 Å². The van der Waals surface area contributed by atoms with Crippen molar-refractivity contribution >= 4 is 40.7 Å². The summed E-state index contributed by atoms with van der Waals surface area (Å²) in [5.74, 6) is 1.18. The van der Waals surface area contributed by atoms with Crippen LogP contribution in [-0.2, 0) is 0 Å². The molecule has 2 N–H and O–H groups in total. The molecule has 1 aromatic carbocycles. The molecule has 2 rings (SSSR count). The highest BCUT2D eigenvalue weighted by molar-refractivity contribution is 6.35. The summed E-state index contributed by atoms with van der Waals surface area (Å²) in [4.78, 5) is 8.67. The van der Waals surface area contributed by atoms with E-state index in [0.717, 1.165) is 11.5 Å². The second-order valence-electron chi connectivity index (χ2n) is 4.14. The highest BCUT2D eigenvalue weighted by Crippen LogP contribution is 2.27. The van der Waals surface area contributed by atoms with Crippen molar-refractivity contribution in [3.8, 4) is 0 Å². The first-order chi connectivity index (χ1) is 9.58. The Morgan fingerprint density at radius 3 is 2.80 bits per heavy atom. The summed E-state index contributed by atoms with van der Waals surface area (Å²) < 4.78 is 0. The zero-order chi connectivity index (χ0) is 14.5. The summed E-state index contributed by atoms with van der Waals surface area (Å²) in [6.45, 7) is 6.18. The first-order valence-electron chi connectivity index (χ1n) is 6.01. The van der Waals surface area contributed by atoms with Crippen LogP contribution in [-0.4, -0.2) is 16.5 Å². The summed E-state index contributed by atoms with van der Waals surface area (Å²) in [7, 11) is 0. The molecule has 6 heteroatoms. The van der Waals surface area contributed by atoms with Gasteiger partial charge >= 0.3 is 0 Å². The Kier molecular flexibility index (Phi) is 4.82. The molecule has 0 aliphatic rings. The monoisotopic (exact) mass is 308 g/mol. The zero-order valence-corrected chi connectivity index (χ0v) is 12.5. The number of halogens is 2. The quantitative estimate of drug-likeness (QED) is 0.802. The van der Waals surface area contributed by atoms with E-state index in [9.17, 15) is 0 Å². The number of hydrogen-bond donors (Lipinski definition) is 2. The lowest BCUT2D eigenvalue weighted by Gasteiger charge is -2.10. The summed E-state index contributed by atoms with van der Waals surface area (Å²) in [6.07, 6.45) is 1.76. The molecule has 0 saturated heterocycles. The van der Waals surface area contributed by atoms with Crippen molar-refractivity contribution in [3.05, 3.63) is 52.7 Å². The third-order valence-electron chi connectivity index (χ3n) is 2.46. The summed E-state index contributed by atoms with van der Waals surface area (Å²) in [6, 6.07) is 7.03. The number of nitrogens with one attached hydrogen (secondary N) is 2. The van der Waals surface area contributed by atoms with Crippen LogP contribution in [0.15, 0.2) is 36.9 Å². The Labute approximate surface area is 127 Å². The minimum atomic E-state index is 0.459. The van der Waals surface area contributed by atoms with E-state index in [1.165, 1.54) is 0 Å². The van der Waals surface area contributed by atoms with Gasteiger partial charge in [-0.3, -0.25) is 0 Å². The maximum absolute atomic E-state index is 6.10. The van der Waals surface area contributed by atoms with Crippen LogP contribution in [0.2, 0.25) is 10.0 Å². The molecule has 0 bridgehead atoms. The number of aromatic nitrogens is 2. The molecule has 0 radical (unpaired) electrons. The van der Waals surface area contributed by atoms with Gasteiger partial charge in [0.15, 0.2) is 0 Å². The predicted molar refractivity (Wildman–Crippen MR) is 85.2 cm³/mol. The highest BCUT2D eigenvalue weighted by atomic mass is 35.5. The van der Waals surface area contributed by atoms with Crippen molar-refractivity contribution in [3.63, 3.8) is 0 Å². The molecule has 1 heterocycles. The van der Waals surface area contributed by atoms with Gasteiger partial charge in [-0.25, -0.2) is 4.98 Å². The molecule has 4 nitrogen and oxygen atoms in total. The molecular weight excluding hydrogens is 295 g/mol. The van der Waals surface area contributed by atoms with Gasteiger partial charge in [-0.2, -0.15) is 4.98 Å². The van der Waals surface area contributed by atoms with Gasteiger partial charge in [0.1, 0.15) is 5.82 Å². The van der Waals surface area contributed by atoms with Gasteiger partial charge in [0.05, 0.1) is 10.7 Å². The number of hydrogen-bond acceptors (Lipinski definition) is 4. The van der Waals surface area contributed by atoms with Crippen LogP contribution in [0, 0.1) is 6.92 Å². The SMILES string of the molecule is C=CCNc1cc(C)nc(Nc2cc(Cl)ccc2Cl)n1. The van der Waals surface area contributed by atoms with Crippen molar-refractivity contribution in [1.29, 1.82) is 0 Å². The summed E-state index contributed by atoms with van der Waals surface area (Å²) >= 11 is 12.1. The van der Waals surface area contributed by atoms with Crippen molar-refractivity contribution in [2.24, 2.45) is 0 Å². The van der Waals surface area contributed by atoms with Gasteiger partial charge in [-0.1, -0.05) is 29.3 Å². The number of rotatable bonds is 5. The van der Waals surface area contributed by atoms with E-state index in [1.807, 2.05) is 13.0 Å². The third kappa shape index (κ3) is 3.85. The smallest absolute Gasteiger partial charge is 0.229 e. The van der Waals surface area contributed by atoms with Crippen LogP contribution in [0.1, 0.15) is 5.69 Å². The summed E-state index contributed by atoms with van der Waals surface area (Å²) in [5, 5.41) is 7.33. The van der Waals surface area contributed by atoms with E-state index in [-0.39, 0.29) is 0 Å². The van der Waals surface area contributed by atoms with Crippen LogP contribution in [0.25, 0.3) is 0 Å². The Morgan fingerprint density at radius 1 is 1.25 bits per heavy atom. The fourth-order valence-electron chi connectivity index (χ4n) is 1.61. The fraction of sp³-hybridized carbons (Fsp3) is 0.143. The average Bonchev–Trinajstić information content (AvgIpc) is 2.40. The minimum absolute atomic E-state index is 0.459. The highest BCUT2D eigenvalue weighted by Gasteiger charge is 2.06. The molecular formula is C14H14Cl2N4. The van der Waals surface area contributed by atoms with E-state index in [4.69, 9.17) is 23.2 Å². The number of anilines is 3. The van der Waals surface area contributed by atoms with E-state index in [0.29, 0.717) is 28.2 Å². The molecule has 104 valence electrons. The standard InChI is InChI=1S/C14H14Cl2N4/c1-3-6-17-13-7-9(2)18-14(20-13)19-12-8-10(15)4-5-11(12)16/h3-5,7-8H,1,6H2,2H3,(H2,17,18,19,20). The molecule has 0 amide bonds. The predicted octanol–water partition coefficient (Wildman–Crippen LogP) is 4.43. The molecule has 0 spiro atoms. The lowest BCUT2D eigenvalue weighted by Crippen LogP contribution is -2.05. The number of nitrogens with zero attached hydrogens (tertiary/aromatic N) is 2. The normalized spacial score (nSPS) is 10.2. The first kappa shape index (κ1) is 14.6. The lowest BCUT2D eigenvalue weighted by molar-refractivity contribution is 1.09. The zero-order valence-electron chi connectivity index (χ0n) is 11.0. The van der Waals surface area contributed by atoms with E-state index in [2.05, 4.69) is 27.2 Å². The Hall–Kier alpha value is -1.78. The third-order valence-corrected chi connectivity index (χ3v) is 3.02. The van der Waals surface area contributed by atoms with Crippen molar-refractivity contribution in [2.45, 2.75) is 6.92 Å². The first-order valence-corrected chi connectivity index (χ1v) is 6.76. The topological polar surface area (TPSA) is 49.8 Å². The fourth-order valence-corrected chi connectivity index (χ4v) is 1.94. The van der Waals surface area contributed by atoms with E-state index >= 15 is 0 Å². The molecule has 0 unspecified atom stereocenters. The van der Waals surface area contributed by atoms with Gasteiger partial charge < -0.3 is 10.6 Å². The second kappa shape index (κ2) is 6.59. The van der Waals surface area contributed by atoms with Gasteiger partial charge in [0.25, 0.3) is 0 Å². The van der Waals surface area contributed by atoms with Crippen LogP contribution < -0.4 is 10.6 Å². The molecule has 1 aromatic heterocycles. The Bertz CT molecular complexity index is 629. The largest absolute Gasteiger partial charge is 0.366 e. The van der Waals surface area contributed by atoms with Gasteiger partial charge in [0.2, 0.25) is 5.95 Å². The van der Waals surface area contributed by atoms with Crippen molar-refractivity contribution in [1.82, 2.24) is 9.97 Å². The van der Waals surface area contributed by atoms with Gasteiger partial charge in [0, 0.05) is 23.3 Å². The molecule has 0 aliphatic carbocycles. The molecule has 0 fully saturated rings. The maximum atomic E-state index is 6.10. The average molecular weight is 309 g/mol. The van der Waals surface area contributed by atoms with Crippen LogP contribution in [0.5, 0.6) is 0 Å². The minimum Gasteiger partial charge on any atom is -0.366 e. The van der Waals surface area contributed by atoms with E-state index in [1.54, 1.807) is 24.3 Å². The van der Waals surface area contributed by atoms with E-state index < -0.39 is 0 Å². The van der Waals surface area contributed by atoms with Crippen molar-refractivity contribution in [2.75, 3.05) is 17.2 Å². The Morgan fingerprint density at radius 2 is 2.05 bits per heavy atom. The number of benzene rings is 1. The molecule has 0 atom stereocenters. The molecule has 0 saturated carbocycles. The maximum Gasteiger partial charge on any atom is 0.229 e. The van der Waals surface area contributed by atoms with Crippen LogP contribution >= 0.6 is 23.2 Å².